The van der Waals surface area contributed by atoms with Crippen LogP contribution in [0.15, 0.2) is 40.5 Å². The van der Waals surface area contributed by atoms with E-state index in [4.69, 9.17) is 4.74 Å². The van der Waals surface area contributed by atoms with Gasteiger partial charge in [0.25, 0.3) is 0 Å². The molecule has 0 unspecified atom stereocenters. The fraction of sp³-hybridized carbons (Fsp3) is 0.649. The number of aryl methyl sites for hydroxylation is 1. The van der Waals surface area contributed by atoms with Gasteiger partial charge in [-0.1, -0.05) is 61.1 Å². The number of allylic oxidation sites excluding steroid dienone is 6. The summed E-state index contributed by atoms with van der Waals surface area (Å²) in [5.74, 6) is -0.333. The lowest BCUT2D eigenvalue weighted by molar-refractivity contribution is -0.0409. The molecule has 0 aliphatic heterocycles. The molecule has 3 rings (SSSR count). The van der Waals surface area contributed by atoms with Crippen LogP contribution in [0.3, 0.4) is 0 Å². The zero-order valence-electron chi connectivity index (χ0n) is 27.2. The quantitative estimate of drug-likeness (QED) is 0.151. The molecule has 2 aliphatic rings. The predicted molar refractivity (Wildman–Crippen MR) is 171 cm³/mol. The molecule has 0 heterocycles. The Labute approximate surface area is 250 Å². The summed E-state index contributed by atoms with van der Waals surface area (Å²) in [6.07, 6.45) is 16.9. The van der Waals surface area contributed by atoms with E-state index in [-0.39, 0.29) is 28.4 Å². The molecule has 1 fully saturated rings. The van der Waals surface area contributed by atoms with E-state index in [0.717, 1.165) is 51.4 Å². The van der Waals surface area contributed by atoms with Gasteiger partial charge in [-0.2, -0.15) is 0 Å². The van der Waals surface area contributed by atoms with Crippen molar-refractivity contribution in [2.45, 2.75) is 144 Å². The average molecular weight is 565 g/mol. The number of benzene rings is 1. The normalized spacial score (nSPS) is 21.5. The summed E-state index contributed by atoms with van der Waals surface area (Å²) in [5.41, 5.74) is 6.49. The van der Waals surface area contributed by atoms with Gasteiger partial charge in [0, 0.05) is 11.5 Å². The Balaban J connectivity index is 1.88. The molecule has 0 spiro atoms. The number of rotatable bonds is 12. The lowest BCUT2D eigenvalue weighted by Gasteiger charge is -2.47. The summed E-state index contributed by atoms with van der Waals surface area (Å²) in [4.78, 5) is 13.9. The van der Waals surface area contributed by atoms with Crippen LogP contribution in [0.2, 0.25) is 0 Å². The molecule has 0 saturated heterocycles. The first-order chi connectivity index (χ1) is 19.3. The highest BCUT2D eigenvalue weighted by molar-refractivity contribution is 5.95. The summed E-state index contributed by atoms with van der Waals surface area (Å²) in [6.45, 7) is 17.2. The molecular weight excluding hydrogens is 508 g/mol. The molecule has 0 aromatic heterocycles. The van der Waals surface area contributed by atoms with E-state index < -0.39 is 11.6 Å². The van der Waals surface area contributed by atoms with Crippen LogP contribution in [-0.4, -0.2) is 21.8 Å². The van der Waals surface area contributed by atoms with Crippen molar-refractivity contribution in [3.8, 4) is 11.5 Å². The molecule has 2 atom stereocenters. The highest BCUT2D eigenvalue weighted by atomic mass is 16.6. The fourth-order valence-electron chi connectivity index (χ4n) is 6.97. The van der Waals surface area contributed by atoms with Crippen LogP contribution in [0, 0.1) is 11.3 Å². The number of esters is 1. The summed E-state index contributed by atoms with van der Waals surface area (Å²) < 4.78 is 6.31. The summed E-state index contributed by atoms with van der Waals surface area (Å²) in [5, 5.41) is 22.4. The highest BCUT2D eigenvalue weighted by Crippen LogP contribution is 2.53. The predicted octanol–water partition coefficient (Wildman–Crippen LogP) is 10.3. The maximum Gasteiger partial charge on any atom is 0.342 e. The third-order valence-corrected chi connectivity index (χ3v) is 9.82. The van der Waals surface area contributed by atoms with E-state index in [1.165, 1.54) is 36.0 Å². The van der Waals surface area contributed by atoms with Crippen molar-refractivity contribution in [2.75, 3.05) is 0 Å². The van der Waals surface area contributed by atoms with Gasteiger partial charge in [-0.15, -0.1) is 0 Å². The van der Waals surface area contributed by atoms with Crippen molar-refractivity contribution < 1.29 is 19.7 Å². The molecule has 1 aromatic rings. The van der Waals surface area contributed by atoms with Crippen molar-refractivity contribution in [2.24, 2.45) is 11.3 Å². The van der Waals surface area contributed by atoms with Gasteiger partial charge in [0.05, 0.1) is 0 Å². The molecule has 1 aromatic carbocycles. The number of aromatic hydroxyl groups is 2. The minimum atomic E-state index is -0.671. The number of unbranched alkanes of at least 4 members (excludes halogenated alkanes) is 2. The van der Waals surface area contributed by atoms with Crippen molar-refractivity contribution >= 4 is 5.97 Å². The highest BCUT2D eigenvalue weighted by Gasteiger charge is 2.44. The Bertz CT molecular complexity index is 1180. The van der Waals surface area contributed by atoms with E-state index in [0.29, 0.717) is 24.0 Å². The van der Waals surface area contributed by atoms with E-state index >= 15 is 0 Å². The van der Waals surface area contributed by atoms with Crippen LogP contribution in [0.1, 0.15) is 148 Å². The summed E-state index contributed by atoms with van der Waals surface area (Å²) in [7, 11) is 0. The molecule has 0 bridgehead atoms. The van der Waals surface area contributed by atoms with Crippen LogP contribution in [0.4, 0.5) is 0 Å². The first-order valence-corrected chi connectivity index (χ1v) is 16.1. The summed E-state index contributed by atoms with van der Waals surface area (Å²) >= 11 is 0. The van der Waals surface area contributed by atoms with Gasteiger partial charge in [0.1, 0.15) is 22.7 Å². The molecule has 2 N–H and O–H groups in total. The lowest BCUT2D eigenvalue weighted by Crippen LogP contribution is -2.42. The number of fused-ring (bicyclic) bond motifs is 1. The van der Waals surface area contributed by atoms with Crippen molar-refractivity contribution in [1.82, 2.24) is 0 Å². The van der Waals surface area contributed by atoms with Crippen molar-refractivity contribution in [3.05, 3.63) is 57.2 Å². The SMILES string of the molecule is CCCCCc1cc(O)c(CC=C(C)CCC=C(C)C)c(O)c1C(=O)OC(C)(C)[C@@H]1CC[C@@]2(C)CCCC(C)=C2C1. The van der Waals surface area contributed by atoms with E-state index in [9.17, 15) is 15.0 Å². The minimum Gasteiger partial charge on any atom is -0.508 e. The standard InChI is InChI=1S/C37H56O4/c1-9-10-11-17-28-23-32(38)30(19-18-26(4)15-12-14-25(2)3)34(39)33(28)35(40)41-36(6,7)29-20-22-37(8)21-13-16-27(5)31(37)24-29/h14,18,23,29,38-39H,9-13,15-17,19-22,24H2,1-8H3/t29-,37-/m1/s1. The van der Waals surface area contributed by atoms with Crippen LogP contribution in [0.25, 0.3) is 0 Å². The number of hydrogen-bond donors (Lipinski definition) is 2. The van der Waals surface area contributed by atoms with Gasteiger partial charge in [0.2, 0.25) is 0 Å². The lowest BCUT2D eigenvalue weighted by atomic mass is 9.59. The number of carbonyl (C=O) groups excluding carboxylic acids is 1. The van der Waals surface area contributed by atoms with Gasteiger partial charge in [-0.3, -0.25) is 0 Å². The van der Waals surface area contributed by atoms with Crippen molar-refractivity contribution in [3.63, 3.8) is 0 Å². The maximum atomic E-state index is 13.9. The molecule has 1 saturated carbocycles. The van der Waals surface area contributed by atoms with Crippen LogP contribution >= 0.6 is 0 Å². The number of carbonyl (C=O) groups is 1. The molecule has 41 heavy (non-hydrogen) atoms. The minimum absolute atomic E-state index is 0.0458. The topological polar surface area (TPSA) is 66.8 Å². The van der Waals surface area contributed by atoms with Gasteiger partial charge in [-0.25, -0.2) is 4.79 Å². The zero-order valence-corrected chi connectivity index (χ0v) is 27.2. The Hall–Kier alpha value is -2.49. The first kappa shape index (κ1) is 33.0. The monoisotopic (exact) mass is 564 g/mol. The van der Waals surface area contributed by atoms with Crippen molar-refractivity contribution in [1.29, 1.82) is 0 Å². The third kappa shape index (κ3) is 8.30. The molecule has 4 nitrogen and oxygen atoms in total. The largest absolute Gasteiger partial charge is 0.508 e. The maximum absolute atomic E-state index is 13.9. The molecular formula is C37H56O4. The van der Waals surface area contributed by atoms with Crippen LogP contribution in [0.5, 0.6) is 11.5 Å². The number of phenols is 2. The zero-order chi connectivity index (χ0) is 30.4. The van der Waals surface area contributed by atoms with Gasteiger partial charge >= 0.3 is 5.97 Å². The number of hydrogen-bond acceptors (Lipinski definition) is 4. The Morgan fingerprint density at radius 1 is 1.15 bits per heavy atom. The molecule has 228 valence electrons. The first-order valence-electron chi connectivity index (χ1n) is 16.1. The van der Waals surface area contributed by atoms with E-state index in [2.05, 4.69) is 47.6 Å². The summed E-state index contributed by atoms with van der Waals surface area (Å²) in [6, 6.07) is 1.68. The molecule has 2 aliphatic carbocycles. The van der Waals surface area contributed by atoms with Crippen LogP contribution < -0.4 is 0 Å². The van der Waals surface area contributed by atoms with Gasteiger partial charge in [-0.05, 0) is 129 Å². The second-order valence-corrected chi connectivity index (χ2v) is 13.9. The Kier molecular flexibility index (Phi) is 11.4. The van der Waals surface area contributed by atoms with E-state index in [1.54, 1.807) is 11.6 Å². The number of ether oxygens (including phenoxy) is 1. The molecule has 0 amide bonds. The fourth-order valence-corrected chi connectivity index (χ4v) is 6.97. The Morgan fingerprint density at radius 2 is 1.88 bits per heavy atom. The van der Waals surface area contributed by atoms with Crippen LogP contribution in [-0.2, 0) is 17.6 Å². The Morgan fingerprint density at radius 3 is 2.56 bits per heavy atom. The second kappa shape index (κ2) is 14.1. The second-order valence-electron chi connectivity index (χ2n) is 13.9. The van der Waals surface area contributed by atoms with Gasteiger partial charge < -0.3 is 14.9 Å². The molecule has 4 heteroatoms. The van der Waals surface area contributed by atoms with E-state index in [1.807, 2.05) is 19.9 Å². The smallest absolute Gasteiger partial charge is 0.342 e. The average Bonchev–Trinajstić information content (AvgIpc) is 2.87. The number of phenolic OH excluding ortho intramolecular Hbond substituents is 2. The third-order valence-electron chi connectivity index (χ3n) is 9.82. The molecule has 0 radical (unpaired) electrons. The van der Waals surface area contributed by atoms with Gasteiger partial charge in [0.15, 0.2) is 0 Å².